The minimum absolute atomic E-state index is 0.00248. The molecule has 1 N–H and O–H groups in total. The van der Waals surface area contributed by atoms with Gasteiger partial charge in [0, 0.05) is 32.3 Å². The number of nitrogens with zero attached hydrogens (tertiary/aromatic N) is 2. The van der Waals surface area contributed by atoms with Crippen molar-refractivity contribution in [3.63, 3.8) is 0 Å². The molecule has 0 spiro atoms. The van der Waals surface area contributed by atoms with Gasteiger partial charge in [0.1, 0.15) is 11.5 Å². The van der Waals surface area contributed by atoms with Crippen LogP contribution in [0.4, 0.5) is 0 Å². The highest BCUT2D eigenvalue weighted by atomic mass is 16.5. The van der Waals surface area contributed by atoms with Crippen molar-refractivity contribution in [3.8, 4) is 11.8 Å². The normalized spacial score (nSPS) is 23.0. The number of hydrogen-bond donors (Lipinski definition) is 1. The molecule has 0 aromatic carbocycles. The lowest BCUT2D eigenvalue weighted by atomic mass is 9.67. The highest BCUT2D eigenvalue weighted by molar-refractivity contribution is 5.75. The average molecular weight is 513 g/mol. The van der Waals surface area contributed by atoms with E-state index in [2.05, 4.69) is 70.4 Å². The number of aliphatic carboxylic acids is 1. The largest absolute Gasteiger partial charge is 0.481 e. The third kappa shape index (κ3) is 11.4. The first-order valence-corrected chi connectivity index (χ1v) is 13.9. The Bertz CT molecular complexity index is 895. The Morgan fingerprint density at radius 1 is 1.27 bits per heavy atom. The molecule has 1 fully saturated rings. The molecular weight excluding hydrogens is 460 g/mol. The lowest BCUT2D eigenvalue weighted by Gasteiger charge is -2.48. The van der Waals surface area contributed by atoms with E-state index < -0.39 is 11.4 Å². The number of rotatable bonds is 12. The van der Waals surface area contributed by atoms with Gasteiger partial charge in [-0.2, -0.15) is 0 Å². The number of carboxylic acid groups (broad SMARTS) is 1. The fourth-order valence-electron chi connectivity index (χ4n) is 4.65. The summed E-state index contributed by atoms with van der Waals surface area (Å²) in [7, 11) is 0. The van der Waals surface area contributed by atoms with E-state index in [0.29, 0.717) is 13.0 Å². The summed E-state index contributed by atoms with van der Waals surface area (Å²) >= 11 is 0. The molecule has 5 heteroatoms. The van der Waals surface area contributed by atoms with E-state index in [1.807, 2.05) is 39.1 Å². The van der Waals surface area contributed by atoms with Crippen LogP contribution in [0, 0.1) is 28.6 Å². The van der Waals surface area contributed by atoms with Gasteiger partial charge in [-0.05, 0) is 63.5 Å². The predicted molar refractivity (Wildman–Crippen MR) is 157 cm³/mol. The zero-order chi connectivity index (χ0) is 28.1. The Hall–Kier alpha value is -2.16. The molecule has 0 radical (unpaired) electrons. The molecular formula is C32H52N2O3. The van der Waals surface area contributed by atoms with Gasteiger partial charge in [0.25, 0.3) is 0 Å². The van der Waals surface area contributed by atoms with Crippen molar-refractivity contribution in [2.75, 3.05) is 26.2 Å². The van der Waals surface area contributed by atoms with Gasteiger partial charge in [0.2, 0.25) is 0 Å². The Morgan fingerprint density at radius 2 is 1.97 bits per heavy atom. The Morgan fingerprint density at radius 3 is 2.51 bits per heavy atom. The second-order valence-electron chi connectivity index (χ2n) is 11.8. The second-order valence-corrected chi connectivity index (χ2v) is 11.8. The van der Waals surface area contributed by atoms with E-state index in [1.54, 1.807) is 0 Å². The van der Waals surface area contributed by atoms with E-state index in [1.165, 1.54) is 11.1 Å². The van der Waals surface area contributed by atoms with Crippen LogP contribution in [0.3, 0.4) is 0 Å². The summed E-state index contributed by atoms with van der Waals surface area (Å²) in [5.74, 6) is 6.03. The molecule has 1 saturated heterocycles. The first-order chi connectivity index (χ1) is 17.4. The van der Waals surface area contributed by atoms with Crippen molar-refractivity contribution in [2.45, 2.75) is 100 Å². The minimum atomic E-state index is -0.897. The SMILES string of the molecule is C/C=C\C=NC(C#CCC)/C(=C/C=C(\C)CN1CC(C(C)(C)C)CC(COC(C)C)(C(=O)O)C1)CCC. The maximum atomic E-state index is 12.6. The molecule has 0 aliphatic carbocycles. The summed E-state index contributed by atoms with van der Waals surface area (Å²) in [6, 6.07) is -0.145. The molecule has 3 atom stereocenters. The Balaban J connectivity index is 3.25. The zero-order valence-electron chi connectivity index (χ0n) is 24.9. The molecule has 3 unspecified atom stereocenters. The highest BCUT2D eigenvalue weighted by Crippen LogP contribution is 2.42. The van der Waals surface area contributed by atoms with Gasteiger partial charge in [0.15, 0.2) is 0 Å². The number of likely N-dealkylation sites (tertiary alicyclic amines) is 1. The van der Waals surface area contributed by atoms with Crippen LogP contribution in [0.15, 0.2) is 40.4 Å². The summed E-state index contributed by atoms with van der Waals surface area (Å²) in [5.41, 5.74) is 1.53. The van der Waals surface area contributed by atoms with Crippen LogP contribution in [0.25, 0.3) is 0 Å². The molecule has 0 bridgehead atoms. The van der Waals surface area contributed by atoms with Crippen molar-refractivity contribution in [1.29, 1.82) is 0 Å². The van der Waals surface area contributed by atoms with E-state index in [0.717, 1.165) is 32.4 Å². The van der Waals surface area contributed by atoms with Gasteiger partial charge in [-0.15, -0.1) is 5.92 Å². The van der Waals surface area contributed by atoms with Crippen LogP contribution < -0.4 is 0 Å². The van der Waals surface area contributed by atoms with Crippen LogP contribution in [-0.2, 0) is 9.53 Å². The standard InChI is InChI=1S/C32H52N2O3/c1-10-13-16-29(33-19-14-11-2)27(15-12-3)18-17-26(6)21-34-22-28(31(7,8)9)20-32(23-34,30(35)36)24-37-25(4)5/h11,14,17-19,25,28-29H,10,12,15,20-24H2,1-9H3,(H,35,36)/b14-11-,26-17+,27-18+,33-19?. The maximum absolute atomic E-state index is 12.6. The molecule has 1 heterocycles. The van der Waals surface area contributed by atoms with Crippen molar-refractivity contribution in [1.82, 2.24) is 4.90 Å². The van der Waals surface area contributed by atoms with Gasteiger partial charge < -0.3 is 9.84 Å². The summed E-state index contributed by atoms with van der Waals surface area (Å²) in [6.45, 7) is 21.3. The van der Waals surface area contributed by atoms with Crippen LogP contribution in [0.1, 0.15) is 88.0 Å². The number of aliphatic imine (C=N–C) groups is 1. The summed E-state index contributed by atoms with van der Waals surface area (Å²) < 4.78 is 5.90. The molecule has 37 heavy (non-hydrogen) atoms. The van der Waals surface area contributed by atoms with Gasteiger partial charge in [0.05, 0.1) is 12.7 Å². The lowest BCUT2D eigenvalue weighted by Crippen LogP contribution is -2.56. The molecule has 1 rings (SSSR count). The molecule has 1 aliphatic heterocycles. The molecule has 5 nitrogen and oxygen atoms in total. The lowest BCUT2D eigenvalue weighted by molar-refractivity contribution is -0.163. The number of carboxylic acids is 1. The number of ether oxygens (including phenoxy) is 1. The maximum Gasteiger partial charge on any atom is 0.313 e. The Labute approximate surface area is 227 Å². The van der Waals surface area contributed by atoms with Gasteiger partial charge >= 0.3 is 5.97 Å². The van der Waals surface area contributed by atoms with E-state index in [9.17, 15) is 9.90 Å². The van der Waals surface area contributed by atoms with Gasteiger partial charge in [-0.25, -0.2) is 0 Å². The molecule has 0 aromatic rings. The van der Waals surface area contributed by atoms with Gasteiger partial charge in [-0.3, -0.25) is 14.7 Å². The van der Waals surface area contributed by atoms with Crippen molar-refractivity contribution < 1.29 is 14.6 Å². The number of allylic oxidation sites excluding steroid dienone is 4. The quantitative estimate of drug-likeness (QED) is 0.175. The predicted octanol–water partition coefficient (Wildman–Crippen LogP) is 6.95. The van der Waals surface area contributed by atoms with Crippen molar-refractivity contribution in [3.05, 3.63) is 35.5 Å². The van der Waals surface area contributed by atoms with Crippen LogP contribution in [-0.4, -0.2) is 60.6 Å². The second kappa shape index (κ2) is 15.9. The fraction of sp³-hybridized carbons (Fsp3) is 0.688. The zero-order valence-corrected chi connectivity index (χ0v) is 24.9. The number of piperidine rings is 1. The number of hydrogen-bond acceptors (Lipinski definition) is 4. The topological polar surface area (TPSA) is 62.1 Å². The molecule has 0 amide bonds. The van der Waals surface area contributed by atoms with Crippen LogP contribution in [0.5, 0.6) is 0 Å². The van der Waals surface area contributed by atoms with E-state index >= 15 is 0 Å². The summed E-state index contributed by atoms with van der Waals surface area (Å²) in [5, 5.41) is 10.3. The average Bonchev–Trinajstić information content (AvgIpc) is 2.82. The fourth-order valence-corrected chi connectivity index (χ4v) is 4.65. The first-order valence-electron chi connectivity index (χ1n) is 13.9. The third-order valence-electron chi connectivity index (χ3n) is 6.89. The van der Waals surface area contributed by atoms with Crippen LogP contribution in [0.2, 0.25) is 0 Å². The first kappa shape index (κ1) is 32.9. The minimum Gasteiger partial charge on any atom is -0.481 e. The third-order valence-corrected chi connectivity index (χ3v) is 6.89. The molecule has 0 aromatic heterocycles. The van der Waals surface area contributed by atoms with E-state index in [4.69, 9.17) is 9.73 Å². The highest BCUT2D eigenvalue weighted by Gasteiger charge is 2.48. The van der Waals surface area contributed by atoms with Crippen molar-refractivity contribution in [2.24, 2.45) is 21.7 Å². The van der Waals surface area contributed by atoms with E-state index in [-0.39, 0.29) is 30.1 Å². The molecule has 1 aliphatic rings. The molecule has 0 saturated carbocycles. The van der Waals surface area contributed by atoms with Gasteiger partial charge in [-0.1, -0.05) is 70.8 Å². The van der Waals surface area contributed by atoms with Crippen LogP contribution >= 0.6 is 0 Å². The monoisotopic (exact) mass is 512 g/mol. The molecule has 208 valence electrons. The summed E-state index contributed by atoms with van der Waals surface area (Å²) in [4.78, 5) is 19.6. The smallest absolute Gasteiger partial charge is 0.313 e. The number of carbonyl (C=O) groups is 1. The Kier molecular flexibility index (Phi) is 14.2. The van der Waals surface area contributed by atoms with Crippen molar-refractivity contribution >= 4 is 12.2 Å². The summed E-state index contributed by atoms with van der Waals surface area (Å²) in [6.07, 6.45) is 13.5.